The molecule has 0 unspecified atom stereocenters. The summed E-state index contributed by atoms with van der Waals surface area (Å²) in [5, 5.41) is 12.2. The third-order valence-electron chi connectivity index (χ3n) is 4.06. The van der Waals surface area contributed by atoms with Gasteiger partial charge in [-0.25, -0.2) is 12.7 Å². The second kappa shape index (κ2) is 7.73. The number of hydrogen-bond acceptors (Lipinski definition) is 4. The first-order chi connectivity index (χ1) is 10.5. The fourth-order valence-corrected chi connectivity index (χ4v) is 4.32. The number of piperidine rings is 1. The molecule has 2 rings (SSSR count). The van der Waals surface area contributed by atoms with E-state index >= 15 is 0 Å². The van der Waals surface area contributed by atoms with Gasteiger partial charge < -0.3 is 5.32 Å². The summed E-state index contributed by atoms with van der Waals surface area (Å²) >= 11 is 0. The number of nitrogens with one attached hydrogen (secondary N) is 1. The Hall–Kier alpha value is -1.42. The summed E-state index contributed by atoms with van der Waals surface area (Å²) in [5.41, 5.74) is 1.17. The fourth-order valence-electron chi connectivity index (χ4n) is 2.77. The first-order valence-electron chi connectivity index (χ1n) is 7.72. The van der Waals surface area contributed by atoms with Gasteiger partial charge >= 0.3 is 0 Å². The average Bonchev–Trinajstić information content (AvgIpc) is 2.53. The van der Waals surface area contributed by atoms with Crippen LogP contribution in [0.4, 0.5) is 0 Å². The summed E-state index contributed by atoms with van der Waals surface area (Å²) in [6, 6.07) is 8.86. The zero-order chi connectivity index (χ0) is 16.0. The molecule has 1 fully saturated rings. The van der Waals surface area contributed by atoms with Crippen molar-refractivity contribution in [2.45, 2.75) is 25.5 Å². The Morgan fingerprint density at radius 1 is 1.36 bits per heavy atom. The van der Waals surface area contributed by atoms with Gasteiger partial charge in [0.1, 0.15) is 0 Å². The number of hydrogen-bond donors (Lipinski definition) is 1. The Bertz CT molecular complexity index is 629. The van der Waals surface area contributed by atoms with Crippen molar-refractivity contribution in [3.05, 3.63) is 35.4 Å². The van der Waals surface area contributed by atoms with Crippen LogP contribution in [0.25, 0.3) is 0 Å². The van der Waals surface area contributed by atoms with Gasteiger partial charge in [-0.1, -0.05) is 19.1 Å². The van der Waals surface area contributed by atoms with Gasteiger partial charge in [0.15, 0.2) is 0 Å². The third kappa shape index (κ3) is 4.54. The number of sulfonamides is 1. The van der Waals surface area contributed by atoms with Crippen molar-refractivity contribution in [2.75, 3.05) is 26.2 Å². The molecule has 1 aliphatic heterocycles. The van der Waals surface area contributed by atoms with Crippen LogP contribution in [0.2, 0.25) is 0 Å². The van der Waals surface area contributed by atoms with Crippen molar-refractivity contribution in [2.24, 2.45) is 5.92 Å². The minimum Gasteiger partial charge on any atom is -0.317 e. The highest BCUT2D eigenvalue weighted by Crippen LogP contribution is 2.21. The van der Waals surface area contributed by atoms with Crippen LogP contribution in [0.3, 0.4) is 0 Å². The Morgan fingerprint density at radius 2 is 2.09 bits per heavy atom. The van der Waals surface area contributed by atoms with Crippen LogP contribution in [0, 0.1) is 17.2 Å². The van der Waals surface area contributed by atoms with Crippen LogP contribution in [-0.2, 0) is 15.8 Å². The molecule has 0 amide bonds. The molecule has 0 saturated carbocycles. The maximum Gasteiger partial charge on any atom is 0.218 e. The van der Waals surface area contributed by atoms with E-state index in [0.717, 1.165) is 25.9 Å². The lowest BCUT2D eigenvalue weighted by Crippen LogP contribution is -2.41. The lowest BCUT2D eigenvalue weighted by atomic mass is 9.98. The number of nitrogens with zero attached hydrogens (tertiary/aromatic N) is 2. The minimum absolute atomic E-state index is 0.0274. The topological polar surface area (TPSA) is 73.2 Å². The quantitative estimate of drug-likeness (QED) is 0.865. The van der Waals surface area contributed by atoms with E-state index in [9.17, 15) is 8.42 Å². The molecule has 1 saturated heterocycles. The van der Waals surface area contributed by atoms with E-state index in [4.69, 9.17) is 5.26 Å². The molecule has 0 atom stereocenters. The van der Waals surface area contributed by atoms with Crippen molar-refractivity contribution in [3.8, 4) is 6.07 Å². The van der Waals surface area contributed by atoms with Crippen LogP contribution in [0.1, 0.15) is 30.9 Å². The van der Waals surface area contributed by atoms with E-state index in [1.54, 1.807) is 28.6 Å². The molecule has 1 aromatic carbocycles. The lowest BCUT2D eigenvalue weighted by molar-refractivity contribution is 0.268. The van der Waals surface area contributed by atoms with Gasteiger partial charge in [0.05, 0.1) is 17.4 Å². The van der Waals surface area contributed by atoms with Crippen molar-refractivity contribution in [3.63, 3.8) is 0 Å². The highest BCUT2D eigenvalue weighted by Gasteiger charge is 2.27. The Labute approximate surface area is 133 Å². The summed E-state index contributed by atoms with van der Waals surface area (Å²) in [4.78, 5) is 0. The standard InChI is InChI=1S/C16H23N3O2S/c1-2-18-12-14-6-8-19(9-7-14)22(20,21)13-16-5-3-4-15(10-16)11-17/h3-5,10,14,18H,2,6-9,12-13H2,1H3. The van der Waals surface area contributed by atoms with Crippen LogP contribution in [0.5, 0.6) is 0 Å². The molecule has 0 bridgehead atoms. The van der Waals surface area contributed by atoms with E-state index in [1.807, 2.05) is 6.07 Å². The van der Waals surface area contributed by atoms with Crippen LogP contribution >= 0.6 is 0 Å². The fraction of sp³-hybridized carbons (Fsp3) is 0.562. The molecule has 1 aromatic rings. The van der Waals surface area contributed by atoms with Crippen molar-refractivity contribution < 1.29 is 8.42 Å². The van der Waals surface area contributed by atoms with Gasteiger partial charge in [-0.2, -0.15) is 5.26 Å². The van der Waals surface area contributed by atoms with Gasteiger partial charge in [-0.15, -0.1) is 0 Å². The van der Waals surface area contributed by atoms with E-state index in [-0.39, 0.29) is 5.75 Å². The van der Waals surface area contributed by atoms with Crippen molar-refractivity contribution >= 4 is 10.0 Å². The van der Waals surface area contributed by atoms with Crippen molar-refractivity contribution in [1.82, 2.24) is 9.62 Å². The van der Waals surface area contributed by atoms with Gasteiger partial charge in [0, 0.05) is 13.1 Å². The highest BCUT2D eigenvalue weighted by molar-refractivity contribution is 7.88. The van der Waals surface area contributed by atoms with E-state index < -0.39 is 10.0 Å². The smallest absolute Gasteiger partial charge is 0.218 e. The second-order valence-electron chi connectivity index (χ2n) is 5.72. The molecule has 6 heteroatoms. The number of benzene rings is 1. The molecule has 22 heavy (non-hydrogen) atoms. The van der Waals surface area contributed by atoms with Gasteiger partial charge in [0.25, 0.3) is 0 Å². The SMILES string of the molecule is CCNCC1CCN(S(=O)(=O)Cc2cccc(C#N)c2)CC1. The molecule has 0 spiro atoms. The third-order valence-corrected chi connectivity index (χ3v) is 5.91. The molecular formula is C16H23N3O2S. The lowest BCUT2D eigenvalue weighted by Gasteiger charge is -2.31. The number of rotatable bonds is 6. The largest absolute Gasteiger partial charge is 0.317 e. The number of nitriles is 1. The molecule has 5 nitrogen and oxygen atoms in total. The molecule has 1 heterocycles. The van der Waals surface area contributed by atoms with E-state index in [0.29, 0.717) is 30.1 Å². The van der Waals surface area contributed by atoms with Gasteiger partial charge in [0.2, 0.25) is 10.0 Å². The summed E-state index contributed by atoms with van der Waals surface area (Å²) in [6.45, 7) is 5.18. The van der Waals surface area contributed by atoms with E-state index in [1.165, 1.54) is 0 Å². The molecule has 1 aliphatic rings. The summed E-state index contributed by atoms with van der Waals surface area (Å²) in [6.07, 6.45) is 1.81. The predicted molar refractivity (Wildman–Crippen MR) is 86.6 cm³/mol. The molecule has 0 aliphatic carbocycles. The molecule has 0 radical (unpaired) electrons. The first kappa shape index (κ1) is 16.9. The maximum absolute atomic E-state index is 12.5. The van der Waals surface area contributed by atoms with E-state index in [2.05, 4.69) is 12.2 Å². The maximum atomic E-state index is 12.5. The molecule has 1 N–H and O–H groups in total. The Kier molecular flexibility index (Phi) is 5.95. The molecule has 0 aromatic heterocycles. The zero-order valence-corrected chi connectivity index (χ0v) is 13.8. The zero-order valence-electron chi connectivity index (χ0n) is 13.0. The normalized spacial score (nSPS) is 17.3. The highest BCUT2D eigenvalue weighted by atomic mass is 32.2. The van der Waals surface area contributed by atoms with Crippen LogP contribution in [0.15, 0.2) is 24.3 Å². The first-order valence-corrected chi connectivity index (χ1v) is 9.33. The Balaban J connectivity index is 1.95. The summed E-state index contributed by atoms with van der Waals surface area (Å²) in [7, 11) is -3.30. The molecular weight excluding hydrogens is 298 g/mol. The van der Waals surface area contributed by atoms with Gasteiger partial charge in [-0.05, 0) is 49.5 Å². The van der Waals surface area contributed by atoms with Gasteiger partial charge in [-0.3, -0.25) is 0 Å². The average molecular weight is 321 g/mol. The van der Waals surface area contributed by atoms with Crippen LogP contribution < -0.4 is 5.32 Å². The second-order valence-corrected chi connectivity index (χ2v) is 7.69. The monoisotopic (exact) mass is 321 g/mol. The Morgan fingerprint density at radius 3 is 2.73 bits per heavy atom. The summed E-state index contributed by atoms with van der Waals surface area (Å²) < 4.78 is 26.6. The minimum atomic E-state index is -3.30. The molecule has 120 valence electrons. The van der Waals surface area contributed by atoms with Crippen molar-refractivity contribution in [1.29, 1.82) is 5.26 Å². The predicted octanol–water partition coefficient (Wildman–Crippen LogP) is 1.71. The summed E-state index contributed by atoms with van der Waals surface area (Å²) in [5.74, 6) is 0.536. The van der Waals surface area contributed by atoms with Crippen LogP contribution in [-0.4, -0.2) is 38.9 Å².